The van der Waals surface area contributed by atoms with Crippen molar-refractivity contribution in [2.75, 3.05) is 98.2 Å². The second kappa shape index (κ2) is 22.5. The first-order valence-corrected chi connectivity index (χ1v) is 18.3. The molecule has 2 N–H and O–H groups in total. The van der Waals surface area contributed by atoms with Crippen LogP contribution in [0.5, 0.6) is 0 Å². The molecule has 0 spiro atoms. The third-order valence-electron chi connectivity index (χ3n) is 7.47. The van der Waals surface area contributed by atoms with Gasteiger partial charge in [-0.15, -0.1) is 0 Å². The monoisotopic (exact) mass is 699 g/mol. The van der Waals surface area contributed by atoms with E-state index in [-0.39, 0.29) is 50.0 Å². The van der Waals surface area contributed by atoms with Crippen LogP contribution in [0.15, 0.2) is 0 Å². The normalized spacial score (nSPS) is 17.1. The van der Waals surface area contributed by atoms with Crippen LogP contribution in [0.3, 0.4) is 0 Å². The number of hydrogen-bond acceptors (Lipinski definition) is 12. The minimum atomic E-state index is -0.614. The van der Waals surface area contributed by atoms with Gasteiger partial charge in [0, 0.05) is 58.9 Å². The van der Waals surface area contributed by atoms with Gasteiger partial charge in [-0.05, 0) is 88.2 Å². The van der Waals surface area contributed by atoms with Crippen LogP contribution in [0.1, 0.15) is 94.9 Å². The Morgan fingerprint density at radius 2 is 0.796 bits per heavy atom. The van der Waals surface area contributed by atoms with Crippen molar-refractivity contribution in [1.29, 1.82) is 0 Å². The average molecular weight is 699 g/mol. The van der Waals surface area contributed by atoms with E-state index in [1.54, 1.807) is 0 Å². The van der Waals surface area contributed by atoms with Crippen LogP contribution >= 0.6 is 0 Å². The molecule has 0 atom stereocenters. The highest BCUT2D eigenvalue weighted by atomic mass is 16.6. The highest BCUT2D eigenvalue weighted by Gasteiger charge is 2.26. The predicted molar refractivity (Wildman–Crippen MR) is 193 cm³/mol. The maximum atomic E-state index is 13.0. The number of rotatable bonds is 16. The average Bonchev–Trinajstić information content (AvgIpc) is 2.92. The zero-order valence-electron chi connectivity index (χ0n) is 32.6. The highest BCUT2D eigenvalue weighted by molar-refractivity contribution is 5.78. The number of nitrogens with zero attached hydrogens (tertiary/aromatic N) is 4. The summed E-state index contributed by atoms with van der Waals surface area (Å²) >= 11 is 0. The SMILES string of the molecule is CCNCCCCCCNC(=O)CN1CCN(CC(=O)OC(C)(C)C)CCN(CC(=O)OC(C)(C)C)CCN(CC(=O)OC(C)(C)C)CC1. The van der Waals surface area contributed by atoms with E-state index in [1.165, 1.54) is 0 Å². The summed E-state index contributed by atoms with van der Waals surface area (Å²) in [7, 11) is 0. The maximum Gasteiger partial charge on any atom is 0.320 e. The summed E-state index contributed by atoms with van der Waals surface area (Å²) in [4.78, 5) is 59.8. The van der Waals surface area contributed by atoms with Gasteiger partial charge in [-0.2, -0.15) is 0 Å². The van der Waals surface area contributed by atoms with Crippen LogP contribution in [0, 0.1) is 0 Å². The van der Waals surface area contributed by atoms with E-state index < -0.39 is 16.8 Å². The summed E-state index contributed by atoms with van der Waals surface area (Å²) in [5.74, 6) is -1.02. The molecule has 13 heteroatoms. The smallest absolute Gasteiger partial charge is 0.320 e. The second-order valence-electron chi connectivity index (χ2n) is 16.0. The molecule has 1 rings (SSSR count). The van der Waals surface area contributed by atoms with E-state index in [9.17, 15) is 19.2 Å². The Balaban J connectivity index is 3.08. The molecule has 0 aliphatic carbocycles. The quantitative estimate of drug-likeness (QED) is 0.140. The Morgan fingerprint density at radius 3 is 1.10 bits per heavy atom. The predicted octanol–water partition coefficient (Wildman–Crippen LogP) is 2.52. The number of ether oxygens (including phenoxy) is 3. The van der Waals surface area contributed by atoms with Crippen LogP contribution in [-0.4, -0.2) is 158 Å². The molecule has 0 saturated carbocycles. The van der Waals surface area contributed by atoms with Crippen molar-refractivity contribution in [1.82, 2.24) is 30.2 Å². The molecule has 0 aromatic rings. The fourth-order valence-electron chi connectivity index (χ4n) is 5.27. The third-order valence-corrected chi connectivity index (χ3v) is 7.47. The fraction of sp³-hybridized carbons (Fsp3) is 0.889. The Morgan fingerprint density at radius 1 is 0.490 bits per heavy atom. The van der Waals surface area contributed by atoms with E-state index in [1.807, 2.05) is 77.0 Å². The van der Waals surface area contributed by atoms with Gasteiger partial charge in [-0.1, -0.05) is 19.8 Å². The van der Waals surface area contributed by atoms with Gasteiger partial charge in [-0.3, -0.25) is 38.8 Å². The van der Waals surface area contributed by atoms with E-state index in [2.05, 4.69) is 22.5 Å². The van der Waals surface area contributed by atoms with E-state index in [4.69, 9.17) is 14.2 Å². The molecule has 13 nitrogen and oxygen atoms in total. The van der Waals surface area contributed by atoms with Gasteiger partial charge in [0.15, 0.2) is 0 Å². The number of carbonyl (C=O) groups excluding carboxylic acids is 4. The molecule has 0 aromatic heterocycles. The molecule has 286 valence electrons. The molecular formula is C36H70N6O7. The van der Waals surface area contributed by atoms with E-state index >= 15 is 0 Å². The van der Waals surface area contributed by atoms with Crippen LogP contribution in [0.25, 0.3) is 0 Å². The molecule has 0 bridgehead atoms. The van der Waals surface area contributed by atoms with Crippen molar-refractivity contribution in [3.05, 3.63) is 0 Å². The van der Waals surface area contributed by atoms with Crippen molar-refractivity contribution in [2.45, 2.75) is 112 Å². The number of amides is 1. The van der Waals surface area contributed by atoms with Crippen LogP contribution < -0.4 is 10.6 Å². The number of carbonyl (C=O) groups is 4. The zero-order valence-corrected chi connectivity index (χ0v) is 32.6. The van der Waals surface area contributed by atoms with Crippen molar-refractivity contribution in [3.63, 3.8) is 0 Å². The number of hydrogen-bond donors (Lipinski definition) is 2. The Kier molecular flexibility index (Phi) is 20.5. The van der Waals surface area contributed by atoms with Crippen LogP contribution in [-0.2, 0) is 33.4 Å². The number of nitrogens with one attached hydrogen (secondary N) is 2. The molecule has 0 unspecified atom stereocenters. The van der Waals surface area contributed by atoms with E-state index in [0.29, 0.717) is 58.9 Å². The Bertz CT molecular complexity index is 944. The summed E-state index contributed by atoms with van der Waals surface area (Å²) in [5.41, 5.74) is -1.84. The van der Waals surface area contributed by atoms with Gasteiger partial charge in [0.2, 0.25) is 5.91 Å². The highest BCUT2D eigenvalue weighted by Crippen LogP contribution is 2.11. The van der Waals surface area contributed by atoms with Crippen molar-refractivity contribution in [3.8, 4) is 0 Å². The summed E-state index contributed by atoms with van der Waals surface area (Å²) in [5, 5.41) is 6.41. The standard InChI is InChI=1S/C36H70N6O7/c1-11-37-16-14-12-13-15-17-38-30(43)26-39-18-20-40(27-31(44)47-34(2,3)4)22-24-42(29-33(46)49-36(8,9)10)25-23-41(21-19-39)28-32(45)48-35(5,6)7/h37H,11-29H2,1-10H3,(H,38,43). The molecule has 1 fully saturated rings. The maximum absolute atomic E-state index is 13.0. The van der Waals surface area contributed by atoms with Crippen LogP contribution in [0.2, 0.25) is 0 Å². The lowest BCUT2D eigenvalue weighted by atomic mass is 10.2. The minimum Gasteiger partial charge on any atom is -0.459 e. The van der Waals surface area contributed by atoms with Gasteiger partial charge in [0.1, 0.15) is 16.8 Å². The summed E-state index contributed by atoms with van der Waals surface area (Å²) in [6.45, 7) is 25.9. The molecule has 49 heavy (non-hydrogen) atoms. The van der Waals surface area contributed by atoms with Crippen molar-refractivity contribution in [2.24, 2.45) is 0 Å². The van der Waals surface area contributed by atoms with Gasteiger partial charge in [0.25, 0.3) is 0 Å². The van der Waals surface area contributed by atoms with Crippen LogP contribution in [0.4, 0.5) is 0 Å². The molecule has 0 radical (unpaired) electrons. The van der Waals surface area contributed by atoms with Gasteiger partial charge >= 0.3 is 17.9 Å². The molecular weight excluding hydrogens is 628 g/mol. The first-order valence-electron chi connectivity index (χ1n) is 18.3. The first kappa shape index (κ1) is 44.7. The summed E-state index contributed by atoms with van der Waals surface area (Å²) < 4.78 is 16.9. The fourth-order valence-corrected chi connectivity index (χ4v) is 5.27. The Labute approximate surface area is 297 Å². The first-order chi connectivity index (χ1) is 22.7. The number of unbranched alkanes of at least 4 members (excludes halogenated alkanes) is 3. The molecule has 1 aliphatic heterocycles. The lowest BCUT2D eigenvalue weighted by Crippen LogP contribution is -2.50. The Hall–Kier alpha value is -2.32. The lowest BCUT2D eigenvalue weighted by molar-refractivity contribution is -0.158. The molecule has 0 aromatic carbocycles. The molecule has 1 aliphatic rings. The third kappa shape index (κ3) is 25.3. The summed E-state index contributed by atoms with van der Waals surface area (Å²) in [6, 6.07) is 0. The second-order valence-corrected chi connectivity index (χ2v) is 16.0. The van der Waals surface area contributed by atoms with Gasteiger partial charge in [-0.25, -0.2) is 0 Å². The minimum absolute atomic E-state index is 0.0411. The van der Waals surface area contributed by atoms with Gasteiger partial charge in [0.05, 0.1) is 26.2 Å². The number of esters is 3. The van der Waals surface area contributed by atoms with Gasteiger partial charge < -0.3 is 24.8 Å². The molecule has 1 heterocycles. The molecule has 1 saturated heterocycles. The lowest BCUT2D eigenvalue weighted by Gasteiger charge is -2.34. The van der Waals surface area contributed by atoms with Crippen molar-refractivity contribution < 1.29 is 33.4 Å². The van der Waals surface area contributed by atoms with E-state index in [0.717, 1.165) is 38.8 Å². The van der Waals surface area contributed by atoms with Crippen molar-refractivity contribution >= 4 is 23.8 Å². The molecule has 1 amide bonds. The zero-order chi connectivity index (χ0) is 37.1. The topological polar surface area (TPSA) is 133 Å². The summed E-state index contributed by atoms with van der Waals surface area (Å²) in [6.07, 6.45) is 4.27. The largest absolute Gasteiger partial charge is 0.459 e.